The van der Waals surface area contributed by atoms with Crippen molar-refractivity contribution in [2.75, 3.05) is 7.05 Å². The van der Waals surface area contributed by atoms with Gasteiger partial charge in [-0.05, 0) is 47.1 Å². The van der Waals surface area contributed by atoms with E-state index in [0.29, 0.717) is 11.8 Å². The van der Waals surface area contributed by atoms with Gasteiger partial charge in [0.2, 0.25) is 5.91 Å². The molecule has 0 saturated carbocycles. The van der Waals surface area contributed by atoms with Crippen molar-refractivity contribution in [3.8, 4) is 0 Å². The molecule has 18 heavy (non-hydrogen) atoms. The Hall–Kier alpha value is -1.64. The van der Waals surface area contributed by atoms with E-state index >= 15 is 0 Å². The van der Waals surface area contributed by atoms with Crippen LogP contribution in [0.1, 0.15) is 37.3 Å². The summed E-state index contributed by atoms with van der Waals surface area (Å²) in [4.78, 5) is 11.5. The molecule has 1 aliphatic rings. The Morgan fingerprint density at radius 3 is 2.83 bits per heavy atom. The molecule has 1 aromatic carbocycles. The van der Waals surface area contributed by atoms with Crippen LogP contribution in [0.3, 0.4) is 0 Å². The first-order chi connectivity index (χ1) is 8.52. The second-order valence-corrected chi connectivity index (χ2v) is 5.07. The molecule has 0 spiro atoms. The summed E-state index contributed by atoms with van der Waals surface area (Å²) in [5.74, 6) is 0.465. The van der Waals surface area contributed by atoms with E-state index in [4.69, 9.17) is 0 Å². The Bertz CT molecular complexity index is 505. The number of hydrogen-bond donors (Lipinski definition) is 1. The summed E-state index contributed by atoms with van der Waals surface area (Å²) in [6.07, 6.45) is 2.39. The van der Waals surface area contributed by atoms with E-state index in [1.165, 1.54) is 12.1 Å². The lowest BCUT2D eigenvalue weighted by Gasteiger charge is -2.14. The fraction of sp³-hybridized carbons (Fsp3) is 0.400. The van der Waals surface area contributed by atoms with Gasteiger partial charge in [0, 0.05) is 13.1 Å². The fourth-order valence-electron chi connectivity index (χ4n) is 2.55. The molecule has 1 aliphatic carbocycles. The minimum atomic E-state index is -0.249. The van der Waals surface area contributed by atoms with Crippen LogP contribution in [0, 0.1) is 11.7 Å². The van der Waals surface area contributed by atoms with Crippen LogP contribution >= 0.6 is 0 Å². The summed E-state index contributed by atoms with van der Waals surface area (Å²) in [5, 5.41) is 2.57. The first kappa shape index (κ1) is 12.8. The van der Waals surface area contributed by atoms with Gasteiger partial charge in [0.05, 0.1) is 0 Å². The zero-order valence-electron chi connectivity index (χ0n) is 11.0. The van der Waals surface area contributed by atoms with E-state index in [-0.39, 0.29) is 11.7 Å². The van der Waals surface area contributed by atoms with Gasteiger partial charge in [0.1, 0.15) is 5.82 Å². The average molecular weight is 247 g/mol. The number of hydrogen-bond acceptors (Lipinski definition) is 1. The van der Waals surface area contributed by atoms with E-state index in [1.54, 1.807) is 13.1 Å². The third-order valence-electron chi connectivity index (χ3n) is 3.56. The van der Waals surface area contributed by atoms with Crippen LogP contribution in [0.4, 0.5) is 4.39 Å². The molecule has 1 amide bonds. The van der Waals surface area contributed by atoms with Crippen molar-refractivity contribution in [3.63, 3.8) is 0 Å². The summed E-state index contributed by atoms with van der Waals surface area (Å²) in [6, 6.07) is 4.88. The largest absolute Gasteiger partial charge is 0.356 e. The number of fused-ring (bicyclic) bond motifs is 1. The molecule has 0 aliphatic heterocycles. The smallest absolute Gasteiger partial charge is 0.244 e. The van der Waals surface area contributed by atoms with Crippen molar-refractivity contribution in [2.45, 2.75) is 26.2 Å². The average Bonchev–Trinajstić information content (AvgIpc) is 2.67. The molecule has 1 aromatic rings. The fourth-order valence-corrected chi connectivity index (χ4v) is 2.55. The second kappa shape index (κ2) is 4.92. The summed E-state index contributed by atoms with van der Waals surface area (Å²) in [7, 11) is 1.60. The van der Waals surface area contributed by atoms with Crippen molar-refractivity contribution in [1.29, 1.82) is 0 Å². The predicted octanol–water partition coefficient (Wildman–Crippen LogP) is 3.10. The van der Waals surface area contributed by atoms with Crippen LogP contribution in [0.15, 0.2) is 24.3 Å². The summed E-state index contributed by atoms with van der Waals surface area (Å²) < 4.78 is 13.4. The van der Waals surface area contributed by atoms with Crippen molar-refractivity contribution in [1.82, 2.24) is 5.32 Å². The van der Waals surface area contributed by atoms with E-state index in [1.807, 2.05) is 6.07 Å². The molecule has 0 aromatic heterocycles. The van der Waals surface area contributed by atoms with Crippen LogP contribution < -0.4 is 5.32 Å². The molecule has 0 fully saturated rings. The predicted molar refractivity (Wildman–Crippen MR) is 70.6 cm³/mol. The second-order valence-electron chi connectivity index (χ2n) is 5.07. The molecular formula is C15H18FNO. The number of carbonyl (C=O) groups is 1. The molecule has 2 nitrogen and oxygen atoms in total. The number of nitrogens with one attached hydrogen (secondary N) is 1. The molecule has 3 heteroatoms. The lowest BCUT2D eigenvalue weighted by atomic mass is 9.90. The van der Waals surface area contributed by atoms with Gasteiger partial charge in [-0.2, -0.15) is 0 Å². The highest BCUT2D eigenvalue weighted by Crippen LogP contribution is 2.44. The van der Waals surface area contributed by atoms with E-state index < -0.39 is 0 Å². The molecule has 1 N–H and O–H groups in total. The minimum absolute atomic E-state index is 0.135. The Morgan fingerprint density at radius 1 is 1.50 bits per heavy atom. The van der Waals surface area contributed by atoms with Gasteiger partial charge in [-0.25, -0.2) is 4.39 Å². The zero-order chi connectivity index (χ0) is 13.3. The third-order valence-corrected chi connectivity index (χ3v) is 3.56. The Balaban J connectivity index is 2.47. The molecule has 0 radical (unpaired) electrons. The third kappa shape index (κ3) is 2.30. The Kier molecular flexibility index (Phi) is 3.50. The summed E-state index contributed by atoms with van der Waals surface area (Å²) >= 11 is 0. The van der Waals surface area contributed by atoms with E-state index in [2.05, 4.69) is 19.2 Å². The van der Waals surface area contributed by atoms with Crippen LogP contribution in [0.2, 0.25) is 0 Å². The van der Waals surface area contributed by atoms with E-state index in [0.717, 1.165) is 23.1 Å². The molecule has 0 saturated heterocycles. The van der Waals surface area contributed by atoms with E-state index in [9.17, 15) is 9.18 Å². The molecule has 1 atom stereocenters. The van der Waals surface area contributed by atoms with Crippen LogP contribution in [0.5, 0.6) is 0 Å². The van der Waals surface area contributed by atoms with Crippen molar-refractivity contribution in [3.05, 3.63) is 41.2 Å². The summed E-state index contributed by atoms with van der Waals surface area (Å²) in [6.45, 7) is 4.31. The molecule has 0 bridgehead atoms. The molecule has 1 unspecified atom stereocenters. The molecule has 0 heterocycles. The Labute approximate surface area is 107 Å². The highest BCUT2D eigenvalue weighted by Gasteiger charge is 2.29. The first-order valence-electron chi connectivity index (χ1n) is 6.25. The SMILES string of the molecule is CNC(=O)/C=C1/CC(C(C)C)c2ccc(F)cc21. The van der Waals surface area contributed by atoms with Gasteiger partial charge in [-0.1, -0.05) is 19.9 Å². The number of benzene rings is 1. The van der Waals surface area contributed by atoms with Gasteiger partial charge in [-0.3, -0.25) is 4.79 Å². The minimum Gasteiger partial charge on any atom is -0.356 e. The van der Waals surface area contributed by atoms with Gasteiger partial charge in [-0.15, -0.1) is 0 Å². The highest BCUT2D eigenvalue weighted by molar-refractivity contribution is 5.96. The molecule has 96 valence electrons. The van der Waals surface area contributed by atoms with Gasteiger partial charge < -0.3 is 5.32 Å². The molecular weight excluding hydrogens is 229 g/mol. The number of rotatable bonds is 2. The Morgan fingerprint density at radius 2 is 2.22 bits per heavy atom. The van der Waals surface area contributed by atoms with Crippen LogP contribution in [0.25, 0.3) is 5.57 Å². The van der Waals surface area contributed by atoms with Crippen molar-refractivity contribution >= 4 is 11.5 Å². The standard InChI is InChI=1S/C15H18FNO/c1-9(2)13-6-10(7-15(18)17-3)14-8-11(16)4-5-12(13)14/h4-5,7-9,13H,6H2,1-3H3,(H,17,18)/b10-7-. The topological polar surface area (TPSA) is 29.1 Å². The maximum absolute atomic E-state index is 13.4. The lowest BCUT2D eigenvalue weighted by Crippen LogP contribution is -2.14. The van der Waals surface area contributed by atoms with Gasteiger partial charge >= 0.3 is 0 Å². The maximum atomic E-state index is 13.4. The van der Waals surface area contributed by atoms with Crippen LogP contribution in [-0.2, 0) is 4.79 Å². The number of halogens is 1. The number of likely N-dealkylation sites (N-methyl/N-ethyl adjacent to an activating group) is 1. The quantitative estimate of drug-likeness (QED) is 0.799. The van der Waals surface area contributed by atoms with Gasteiger partial charge in [0.15, 0.2) is 0 Å². The normalized spacial score (nSPS) is 20.3. The van der Waals surface area contributed by atoms with Crippen molar-refractivity contribution in [2.24, 2.45) is 5.92 Å². The first-order valence-corrected chi connectivity index (χ1v) is 6.25. The number of allylic oxidation sites excluding steroid dienone is 1. The van der Waals surface area contributed by atoms with Crippen LogP contribution in [-0.4, -0.2) is 13.0 Å². The summed E-state index contributed by atoms with van der Waals surface area (Å²) in [5.41, 5.74) is 2.97. The molecule has 2 rings (SSSR count). The lowest BCUT2D eigenvalue weighted by molar-refractivity contribution is -0.116. The number of amides is 1. The monoisotopic (exact) mass is 247 g/mol. The highest BCUT2D eigenvalue weighted by atomic mass is 19.1. The van der Waals surface area contributed by atoms with Crippen molar-refractivity contribution < 1.29 is 9.18 Å². The number of carbonyl (C=O) groups excluding carboxylic acids is 1. The zero-order valence-corrected chi connectivity index (χ0v) is 11.0. The maximum Gasteiger partial charge on any atom is 0.244 e. The van der Waals surface area contributed by atoms with Gasteiger partial charge in [0.25, 0.3) is 0 Å².